The van der Waals surface area contributed by atoms with Gasteiger partial charge in [-0.25, -0.2) is 14.3 Å². The molecule has 0 radical (unpaired) electrons. The number of hydrogen-bond donors (Lipinski definition) is 2. The molecule has 0 fully saturated rings. The van der Waals surface area contributed by atoms with E-state index in [4.69, 9.17) is 0 Å². The largest absolute Gasteiger partial charge is 0.416 e. The summed E-state index contributed by atoms with van der Waals surface area (Å²) in [7, 11) is 0. The molecule has 0 saturated carbocycles. The van der Waals surface area contributed by atoms with Crippen LogP contribution in [0.1, 0.15) is 5.56 Å². The van der Waals surface area contributed by atoms with Crippen LogP contribution in [0.4, 0.5) is 29.3 Å². The highest BCUT2D eigenvalue weighted by Gasteiger charge is 2.30. The number of hydrogen-bond acceptors (Lipinski definition) is 4. The minimum Gasteiger partial charge on any atom is -0.308 e. The molecule has 0 aliphatic heterocycles. The van der Waals surface area contributed by atoms with Crippen molar-refractivity contribution in [3.05, 3.63) is 97.1 Å². The molecule has 2 amide bonds. The molecular formula is C25H17F3N6O. The lowest BCUT2D eigenvalue weighted by molar-refractivity contribution is -0.137. The molecule has 2 N–H and O–H groups in total. The van der Waals surface area contributed by atoms with E-state index in [-0.39, 0.29) is 5.69 Å². The normalized spacial score (nSPS) is 11.4. The number of nitrogens with zero attached hydrogens (tertiary/aromatic N) is 4. The van der Waals surface area contributed by atoms with Crippen molar-refractivity contribution in [3.63, 3.8) is 0 Å². The maximum absolute atomic E-state index is 12.9. The molecule has 5 rings (SSSR count). The van der Waals surface area contributed by atoms with Gasteiger partial charge in [0.25, 0.3) is 0 Å². The molecule has 0 aliphatic carbocycles. The molecule has 0 spiro atoms. The highest BCUT2D eigenvalue weighted by molar-refractivity contribution is 6.00. The second-order valence-electron chi connectivity index (χ2n) is 7.60. The summed E-state index contributed by atoms with van der Waals surface area (Å²) >= 11 is 0. The molecule has 0 atom stereocenters. The van der Waals surface area contributed by atoms with E-state index in [0.717, 1.165) is 34.5 Å². The molecule has 3 heterocycles. The molecule has 0 aliphatic rings. The number of fused-ring (bicyclic) bond motifs is 1. The second kappa shape index (κ2) is 8.90. The smallest absolute Gasteiger partial charge is 0.308 e. The lowest BCUT2D eigenvalue weighted by Crippen LogP contribution is -2.19. The highest BCUT2D eigenvalue weighted by Crippen LogP contribution is 2.31. The molecule has 3 aromatic heterocycles. The van der Waals surface area contributed by atoms with Crippen LogP contribution in [0.5, 0.6) is 0 Å². The van der Waals surface area contributed by atoms with Gasteiger partial charge in [-0.2, -0.15) is 18.3 Å². The number of aromatic nitrogens is 4. The van der Waals surface area contributed by atoms with Crippen molar-refractivity contribution in [2.75, 3.05) is 10.6 Å². The number of benzene rings is 2. The third kappa shape index (κ3) is 4.67. The van der Waals surface area contributed by atoms with Gasteiger partial charge in [0.1, 0.15) is 0 Å². The monoisotopic (exact) mass is 474 g/mol. The first kappa shape index (κ1) is 22.1. The van der Waals surface area contributed by atoms with Crippen molar-refractivity contribution >= 4 is 23.1 Å². The minimum atomic E-state index is -4.50. The van der Waals surface area contributed by atoms with Crippen LogP contribution in [0.2, 0.25) is 0 Å². The number of halogens is 3. The van der Waals surface area contributed by atoms with Gasteiger partial charge >= 0.3 is 12.2 Å². The number of pyridine rings is 1. The number of nitrogens with one attached hydrogen (secondary N) is 2. The number of carbonyl (C=O) groups is 1. The summed E-state index contributed by atoms with van der Waals surface area (Å²) in [5.74, 6) is 0. The van der Waals surface area contributed by atoms with E-state index in [9.17, 15) is 18.0 Å². The van der Waals surface area contributed by atoms with Gasteiger partial charge in [0.15, 0.2) is 5.65 Å². The number of anilines is 2. The van der Waals surface area contributed by atoms with E-state index >= 15 is 0 Å². The van der Waals surface area contributed by atoms with Crippen molar-refractivity contribution in [2.45, 2.75) is 6.18 Å². The van der Waals surface area contributed by atoms with E-state index in [0.29, 0.717) is 11.3 Å². The first-order valence-corrected chi connectivity index (χ1v) is 10.5. The van der Waals surface area contributed by atoms with E-state index in [1.54, 1.807) is 53.6 Å². The Balaban J connectivity index is 1.39. The fourth-order valence-electron chi connectivity index (χ4n) is 3.66. The van der Waals surface area contributed by atoms with E-state index < -0.39 is 17.8 Å². The number of rotatable bonds is 4. The van der Waals surface area contributed by atoms with Gasteiger partial charge in [-0.15, -0.1) is 0 Å². The average molecular weight is 474 g/mol. The second-order valence-corrected chi connectivity index (χ2v) is 7.60. The Morgan fingerprint density at radius 3 is 2.31 bits per heavy atom. The van der Waals surface area contributed by atoms with Crippen LogP contribution < -0.4 is 10.6 Å². The Bertz CT molecular complexity index is 1510. The summed E-state index contributed by atoms with van der Waals surface area (Å²) in [4.78, 5) is 21.0. The zero-order valence-corrected chi connectivity index (χ0v) is 18.0. The Hall–Kier alpha value is -4.73. The third-order valence-electron chi connectivity index (χ3n) is 5.24. The molecule has 0 saturated heterocycles. The Kier molecular flexibility index (Phi) is 5.61. The molecule has 0 unspecified atom stereocenters. The lowest BCUT2D eigenvalue weighted by Gasteiger charge is -2.12. The van der Waals surface area contributed by atoms with Gasteiger partial charge in [-0.05, 0) is 42.5 Å². The molecular weight excluding hydrogens is 457 g/mol. The maximum Gasteiger partial charge on any atom is 0.416 e. The first-order valence-electron chi connectivity index (χ1n) is 10.5. The predicted octanol–water partition coefficient (Wildman–Crippen LogP) is 6.12. The van der Waals surface area contributed by atoms with Crippen molar-refractivity contribution < 1.29 is 18.0 Å². The van der Waals surface area contributed by atoms with Crippen molar-refractivity contribution in [1.82, 2.24) is 19.6 Å². The Morgan fingerprint density at radius 2 is 1.57 bits per heavy atom. The average Bonchev–Trinajstić information content (AvgIpc) is 3.29. The van der Waals surface area contributed by atoms with Crippen LogP contribution in [-0.2, 0) is 6.18 Å². The van der Waals surface area contributed by atoms with Gasteiger partial charge in [-0.1, -0.05) is 24.3 Å². The summed E-state index contributed by atoms with van der Waals surface area (Å²) in [5.41, 5.74) is 3.51. The van der Waals surface area contributed by atoms with Crippen LogP contribution in [-0.4, -0.2) is 25.6 Å². The molecule has 5 aromatic rings. The van der Waals surface area contributed by atoms with Gasteiger partial charge in [-0.3, -0.25) is 4.98 Å². The van der Waals surface area contributed by atoms with E-state index in [1.807, 2.05) is 18.2 Å². The Morgan fingerprint density at radius 1 is 0.829 bits per heavy atom. The van der Waals surface area contributed by atoms with Gasteiger partial charge in [0, 0.05) is 46.7 Å². The van der Waals surface area contributed by atoms with Crippen molar-refractivity contribution in [3.8, 4) is 22.4 Å². The summed E-state index contributed by atoms with van der Waals surface area (Å²) in [6.45, 7) is 0. The van der Waals surface area contributed by atoms with E-state index in [1.165, 1.54) is 12.1 Å². The lowest BCUT2D eigenvalue weighted by atomic mass is 10.1. The van der Waals surface area contributed by atoms with E-state index in [2.05, 4.69) is 25.7 Å². The number of alkyl halides is 3. The summed E-state index contributed by atoms with van der Waals surface area (Å²) < 4.78 is 40.5. The van der Waals surface area contributed by atoms with Crippen LogP contribution in [0.25, 0.3) is 28.0 Å². The van der Waals surface area contributed by atoms with Gasteiger partial charge in [0.2, 0.25) is 0 Å². The molecule has 35 heavy (non-hydrogen) atoms. The SMILES string of the molecule is O=C(Nc1cccc(-c2ccnc3c(-c4cccnc4)cnn23)c1)Nc1cccc(C(F)(F)F)c1. The van der Waals surface area contributed by atoms with Crippen LogP contribution >= 0.6 is 0 Å². The molecule has 10 heteroatoms. The molecule has 0 bridgehead atoms. The Labute approximate surface area is 197 Å². The maximum atomic E-state index is 12.9. The number of carbonyl (C=O) groups excluding carboxylic acids is 1. The molecule has 174 valence electrons. The van der Waals surface area contributed by atoms with Crippen molar-refractivity contribution in [1.29, 1.82) is 0 Å². The molecule has 7 nitrogen and oxygen atoms in total. The molecule has 2 aromatic carbocycles. The summed E-state index contributed by atoms with van der Waals surface area (Å²) in [6.07, 6.45) is 2.32. The fraction of sp³-hybridized carbons (Fsp3) is 0.0400. The topological polar surface area (TPSA) is 84.2 Å². The highest BCUT2D eigenvalue weighted by atomic mass is 19.4. The standard InChI is InChI=1S/C25H17F3N6O/c26-25(27,28)18-6-2-8-20(13-18)33-24(35)32-19-7-1-4-16(12-19)22-9-11-30-23-21(15-31-34(22)23)17-5-3-10-29-14-17/h1-15H,(H2,32,33,35). The van der Waals surface area contributed by atoms with Gasteiger partial charge < -0.3 is 10.6 Å². The van der Waals surface area contributed by atoms with Gasteiger partial charge in [0.05, 0.1) is 17.5 Å². The van der Waals surface area contributed by atoms with Crippen LogP contribution in [0.3, 0.4) is 0 Å². The third-order valence-corrected chi connectivity index (χ3v) is 5.24. The number of urea groups is 1. The number of amides is 2. The fourth-order valence-corrected chi connectivity index (χ4v) is 3.66. The summed E-state index contributed by atoms with van der Waals surface area (Å²) in [6, 6.07) is 16.4. The zero-order valence-electron chi connectivity index (χ0n) is 18.0. The zero-order chi connectivity index (χ0) is 24.4. The minimum absolute atomic E-state index is 0.0313. The van der Waals surface area contributed by atoms with Crippen LogP contribution in [0.15, 0.2) is 91.5 Å². The van der Waals surface area contributed by atoms with Crippen LogP contribution in [0, 0.1) is 0 Å². The van der Waals surface area contributed by atoms with Crippen molar-refractivity contribution in [2.24, 2.45) is 0 Å². The quantitative estimate of drug-likeness (QED) is 0.329. The summed E-state index contributed by atoms with van der Waals surface area (Å²) in [5, 5.41) is 9.56. The predicted molar refractivity (Wildman–Crippen MR) is 126 cm³/mol. The first-order chi connectivity index (χ1) is 16.9.